The maximum Gasteiger partial charge on any atom is 0.223 e. The number of methoxy groups -OCH3 is 1. The molecule has 1 amide bonds. The van der Waals surface area contributed by atoms with Gasteiger partial charge in [-0.2, -0.15) is 0 Å². The molecule has 1 fully saturated rings. The van der Waals surface area contributed by atoms with Gasteiger partial charge in [0, 0.05) is 7.11 Å². The number of furan rings is 1. The largest absolute Gasteiger partial charge is 0.461 e. The summed E-state index contributed by atoms with van der Waals surface area (Å²) in [4.78, 5) is 10.6. The van der Waals surface area contributed by atoms with Gasteiger partial charge in [0.25, 0.3) is 0 Å². The molecule has 1 atom stereocenters. The summed E-state index contributed by atoms with van der Waals surface area (Å²) in [6.07, 6.45) is 0.528. The van der Waals surface area contributed by atoms with Crippen molar-refractivity contribution in [1.82, 2.24) is 5.32 Å². The molecule has 0 spiro atoms. The lowest BCUT2D eigenvalue weighted by Gasteiger charge is -2.24. The van der Waals surface area contributed by atoms with Crippen molar-refractivity contribution in [2.75, 3.05) is 7.11 Å². The number of carbonyl (C=O) groups excluding carboxylic acids is 1. The number of carbonyl (C=O) groups is 1. The van der Waals surface area contributed by atoms with Gasteiger partial charge in [-0.05, 0) is 12.1 Å². The van der Waals surface area contributed by atoms with E-state index in [1.807, 2.05) is 12.1 Å². The molecule has 2 rings (SSSR count). The van der Waals surface area contributed by atoms with Gasteiger partial charge in [-0.1, -0.05) is 0 Å². The summed E-state index contributed by atoms with van der Waals surface area (Å²) < 4.78 is 10.3. The maximum atomic E-state index is 10.6. The molecule has 1 aromatic heterocycles. The van der Waals surface area contributed by atoms with E-state index in [-0.39, 0.29) is 11.9 Å². The summed E-state index contributed by atoms with van der Waals surface area (Å²) in [6.45, 7) is 0.473. The zero-order valence-corrected chi connectivity index (χ0v) is 7.37. The third-order valence-corrected chi connectivity index (χ3v) is 2.04. The second-order valence-corrected chi connectivity index (χ2v) is 3.06. The summed E-state index contributed by atoms with van der Waals surface area (Å²) in [6, 6.07) is 3.81. The molecule has 4 heteroatoms. The van der Waals surface area contributed by atoms with Gasteiger partial charge >= 0.3 is 0 Å². The van der Waals surface area contributed by atoms with Crippen molar-refractivity contribution in [1.29, 1.82) is 0 Å². The van der Waals surface area contributed by atoms with Gasteiger partial charge in [0.15, 0.2) is 0 Å². The Morgan fingerprint density at radius 2 is 2.46 bits per heavy atom. The summed E-state index contributed by atoms with van der Waals surface area (Å²) >= 11 is 0. The van der Waals surface area contributed by atoms with E-state index in [9.17, 15) is 4.79 Å². The summed E-state index contributed by atoms with van der Waals surface area (Å²) in [7, 11) is 1.62. The van der Waals surface area contributed by atoms with E-state index in [2.05, 4.69) is 5.32 Å². The molecule has 1 unspecified atom stereocenters. The third kappa shape index (κ3) is 1.58. The van der Waals surface area contributed by atoms with Crippen LogP contribution in [0.25, 0.3) is 0 Å². The molecule has 70 valence electrons. The molecule has 1 N–H and O–H groups in total. The highest BCUT2D eigenvalue weighted by atomic mass is 16.5. The number of rotatable bonds is 3. The molecule has 0 aromatic carbocycles. The fraction of sp³-hybridized carbons (Fsp3) is 0.444. The van der Waals surface area contributed by atoms with Crippen LogP contribution in [-0.4, -0.2) is 13.0 Å². The zero-order valence-electron chi connectivity index (χ0n) is 7.37. The topological polar surface area (TPSA) is 51.5 Å². The van der Waals surface area contributed by atoms with Gasteiger partial charge in [0.1, 0.15) is 18.1 Å². The van der Waals surface area contributed by atoms with Crippen molar-refractivity contribution in [3.8, 4) is 0 Å². The minimum Gasteiger partial charge on any atom is -0.461 e. The number of nitrogens with one attached hydrogen (secondary N) is 1. The molecule has 1 aliphatic rings. The zero-order chi connectivity index (χ0) is 9.26. The third-order valence-electron chi connectivity index (χ3n) is 2.04. The van der Waals surface area contributed by atoms with E-state index in [0.29, 0.717) is 13.0 Å². The first-order chi connectivity index (χ1) is 6.29. The number of amides is 1. The Hall–Kier alpha value is -1.29. The van der Waals surface area contributed by atoms with Crippen LogP contribution in [0.3, 0.4) is 0 Å². The Kier molecular flexibility index (Phi) is 2.06. The molecule has 2 heterocycles. The molecule has 0 radical (unpaired) electrons. The van der Waals surface area contributed by atoms with Gasteiger partial charge < -0.3 is 14.5 Å². The van der Waals surface area contributed by atoms with Gasteiger partial charge in [-0.3, -0.25) is 4.79 Å². The van der Waals surface area contributed by atoms with Crippen molar-refractivity contribution >= 4 is 5.91 Å². The van der Waals surface area contributed by atoms with Crippen LogP contribution in [0.15, 0.2) is 16.5 Å². The fourth-order valence-electron chi connectivity index (χ4n) is 1.33. The van der Waals surface area contributed by atoms with Gasteiger partial charge in [-0.25, -0.2) is 0 Å². The lowest BCUT2D eigenvalue weighted by atomic mass is 10.0. The summed E-state index contributed by atoms with van der Waals surface area (Å²) in [5.41, 5.74) is 0. The Labute approximate surface area is 75.9 Å². The molecule has 0 saturated carbocycles. The summed E-state index contributed by atoms with van der Waals surface area (Å²) in [5.74, 6) is 1.68. The highest BCUT2D eigenvalue weighted by Crippen LogP contribution is 2.25. The standard InChI is InChI=1S/C9H11NO3/c1-12-5-6-2-3-8(13-6)7-4-9(11)10-7/h2-3,7H,4-5H2,1H3,(H,10,11). The lowest BCUT2D eigenvalue weighted by Crippen LogP contribution is -2.41. The van der Waals surface area contributed by atoms with E-state index in [1.165, 1.54) is 0 Å². The number of hydrogen-bond acceptors (Lipinski definition) is 3. The van der Waals surface area contributed by atoms with Crippen LogP contribution in [0, 0.1) is 0 Å². The van der Waals surface area contributed by atoms with E-state index < -0.39 is 0 Å². The Morgan fingerprint density at radius 3 is 3.08 bits per heavy atom. The van der Waals surface area contributed by atoms with Crippen molar-refractivity contribution in [2.24, 2.45) is 0 Å². The van der Waals surface area contributed by atoms with Gasteiger partial charge in [0.05, 0.1) is 12.5 Å². The Morgan fingerprint density at radius 1 is 1.69 bits per heavy atom. The predicted molar refractivity (Wildman–Crippen MR) is 44.9 cm³/mol. The lowest BCUT2D eigenvalue weighted by molar-refractivity contribution is -0.128. The highest BCUT2D eigenvalue weighted by molar-refractivity contribution is 5.83. The van der Waals surface area contributed by atoms with Crippen LogP contribution >= 0.6 is 0 Å². The maximum absolute atomic E-state index is 10.6. The SMILES string of the molecule is COCc1ccc(C2CC(=O)N2)o1. The van der Waals surface area contributed by atoms with Crippen molar-refractivity contribution in [3.63, 3.8) is 0 Å². The second-order valence-electron chi connectivity index (χ2n) is 3.06. The fourth-order valence-corrected chi connectivity index (χ4v) is 1.33. The van der Waals surface area contributed by atoms with Gasteiger partial charge in [-0.15, -0.1) is 0 Å². The average Bonchev–Trinajstić information content (AvgIpc) is 2.48. The molecule has 13 heavy (non-hydrogen) atoms. The first kappa shape index (κ1) is 8.31. The molecule has 0 bridgehead atoms. The Balaban J connectivity index is 2.01. The van der Waals surface area contributed by atoms with Gasteiger partial charge in [0.2, 0.25) is 5.91 Å². The molecule has 1 saturated heterocycles. The van der Waals surface area contributed by atoms with E-state index in [0.717, 1.165) is 11.5 Å². The van der Waals surface area contributed by atoms with Crippen LogP contribution in [0.4, 0.5) is 0 Å². The monoisotopic (exact) mass is 181 g/mol. The molecular weight excluding hydrogens is 170 g/mol. The van der Waals surface area contributed by atoms with Crippen molar-refractivity contribution in [2.45, 2.75) is 19.1 Å². The molecular formula is C9H11NO3. The van der Waals surface area contributed by atoms with Crippen LogP contribution < -0.4 is 5.32 Å². The number of hydrogen-bond donors (Lipinski definition) is 1. The molecule has 0 aliphatic carbocycles. The van der Waals surface area contributed by atoms with E-state index in [1.54, 1.807) is 7.11 Å². The Bertz CT molecular complexity index is 310. The highest BCUT2D eigenvalue weighted by Gasteiger charge is 2.29. The average molecular weight is 181 g/mol. The number of β-lactam (4-membered cyclic amide) rings is 1. The van der Waals surface area contributed by atoms with Crippen molar-refractivity contribution in [3.05, 3.63) is 23.7 Å². The van der Waals surface area contributed by atoms with Crippen molar-refractivity contribution < 1.29 is 13.9 Å². The van der Waals surface area contributed by atoms with Crippen LogP contribution in [0.5, 0.6) is 0 Å². The molecule has 1 aliphatic heterocycles. The van der Waals surface area contributed by atoms with E-state index >= 15 is 0 Å². The minimum atomic E-state index is 0.0677. The van der Waals surface area contributed by atoms with Crippen LogP contribution in [0.1, 0.15) is 24.0 Å². The van der Waals surface area contributed by atoms with Crippen LogP contribution in [0.2, 0.25) is 0 Å². The smallest absolute Gasteiger partial charge is 0.223 e. The minimum absolute atomic E-state index is 0.0677. The molecule has 1 aromatic rings. The first-order valence-electron chi connectivity index (χ1n) is 4.16. The second kappa shape index (κ2) is 3.22. The van der Waals surface area contributed by atoms with E-state index in [4.69, 9.17) is 9.15 Å². The van der Waals surface area contributed by atoms with Crippen LogP contribution in [-0.2, 0) is 16.1 Å². The first-order valence-corrected chi connectivity index (χ1v) is 4.16. The quantitative estimate of drug-likeness (QED) is 0.707. The number of ether oxygens (including phenoxy) is 1. The molecule has 4 nitrogen and oxygen atoms in total. The normalized spacial score (nSPS) is 21.0. The summed E-state index contributed by atoms with van der Waals surface area (Å²) in [5, 5.41) is 2.74. The predicted octanol–water partition coefficient (Wildman–Crippen LogP) is 0.987.